The van der Waals surface area contributed by atoms with Crippen LogP contribution in [0.15, 0.2) is 64.3 Å². The van der Waals surface area contributed by atoms with Crippen LogP contribution in [0.5, 0.6) is 0 Å². The fourth-order valence-electron chi connectivity index (χ4n) is 3.16. The van der Waals surface area contributed by atoms with Gasteiger partial charge in [0.2, 0.25) is 5.91 Å². The average Bonchev–Trinajstić information content (AvgIpc) is 3.14. The molecule has 1 amide bonds. The number of carbonyl (C=O) groups is 1. The standard InChI is InChI=1S/C21H16F2N4O3/c22-13-7-5-12(6-8-13)9-24-17(28)11-27-20(29)19-18(26-21(27)30)15(10-25-19)14-3-1-2-4-16(14)23/h1-8,10,25H,9,11H2,(H,24,28)(H,26,30). The van der Waals surface area contributed by atoms with Crippen molar-refractivity contribution in [3.8, 4) is 11.1 Å². The van der Waals surface area contributed by atoms with Gasteiger partial charge in [0.15, 0.2) is 0 Å². The minimum absolute atomic E-state index is 0.0548. The van der Waals surface area contributed by atoms with Crippen LogP contribution in [-0.2, 0) is 17.9 Å². The van der Waals surface area contributed by atoms with Crippen LogP contribution in [0.3, 0.4) is 0 Å². The Morgan fingerprint density at radius 1 is 0.967 bits per heavy atom. The van der Waals surface area contributed by atoms with Crippen molar-refractivity contribution in [2.75, 3.05) is 0 Å². The first-order valence-electron chi connectivity index (χ1n) is 9.04. The molecule has 0 radical (unpaired) electrons. The summed E-state index contributed by atoms with van der Waals surface area (Å²) in [6.07, 6.45) is 1.43. The molecule has 2 aromatic heterocycles. The van der Waals surface area contributed by atoms with Crippen molar-refractivity contribution >= 4 is 16.9 Å². The zero-order valence-electron chi connectivity index (χ0n) is 15.5. The maximum absolute atomic E-state index is 14.1. The molecule has 0 saturated heterocycles. The van der Waals surface area contributed by atoms with Gasteiger partial charge in [-0.2, -0.15) is 0 Å². The molecule has 2 heterocycles. The smallest absolute Gasteiger partial charge is 0.329 e. The van der Waals surface area contributed by atoms with Crippen LogP contribution >= 0.6 is 0 Å². The molecule has 0 unspecified atom stereocenters. The fraction of sp³-hybridized carbons (Fsp3) is 0.0952. The number of aromatic nitrogens is 3. The molecule has 0 atom stereocenters. The molecule has 0 spiro atoms. The van der Waals surface area contributed by atoms with E-state index >= 15 is 0 Å². The van der Waals surface area contributed by atoms with E-state index in [0.717, 1.165) is 4.57 Å². The summed E-state index contributed by atoms with van der Waals surface area (Å²) in [4.78, 5) is 42.7. The number of nitrogens with zero attached hydrogens (tertiary/aromatic N) is 1. The largest absolute Gasteiger partial charge is 0.355 e. The Hall–Kier alpha value is -4.01. The first kappa shape index (κ1) is 19.3. The Morgan fingerprint density at radius 2 is 1.70 bits per heavy atom. The van der Waals surface area contributed by atoms with E-state index in [2.05, 4.69) is 15.3 Å². The molecule has 30 heavy (non-hydrogen) atoms. The summed E-state index contributed by atoms with van der Waals surface area (Å²) in [5.41, 5.74) is -0.0358. The molecule has 152 valence electrons. The van der Waals surface area contributed by atoms with E-state index < -0.39 is 35.3 Å². The average molecular weight is 410 g/mol. The third kappa shape index (κ3) is 3.64. The summed E-state index contributed by atoms with van der Waals surface area (Å²) in [6, 6.07) is 11.6. The van der Waals surface area contributed by atoms with Crippen LogP contribution in [0.4, 0.5) is 8.78 Å². The van der Waals surface area contributed by atoms with Crippen molar-refractivity contribution in [2.45, 2.75) is 13.1 Å². The second-order valence-corrected chi connectivity index (χ2v) is 6.66. The van der Waals surface area contributed by atoms with E-state index in [-0.39, 0.29) is 23.1 Å². The molecule has 0 saturated carbocycles. The highest BCUT2D eigenvalue weighted by atomic mass is 19.1. The summed E-state index contributed by atoms with van der Waals surface area (Å²) in [7, 11) is 0. The van der Waals surface area contributed by atoms with Gasteiger partial charge in [0.05, 0.1) is 5.52 Å². The number of rotatable bonds is 5. The van der Waals surface area contributed by atoms with E-state index in [4.69, 9.17) is 0 Å². The van der Waals surface area contributed by atoms with Crippen LogP contribution in [0.1, 0.15) is 5.56 Å². The molecule has 0 fully saturated rings. The van der Waals surface area contributed by atoms with Crippen molar-refractivity contribution in [3.05, 3.63) is 92.8 Å². The number of fused-ring (bicyclic) bond motifs is 1. The van der Waals surface area contributed by atoms with Crippen LogP contribution in [0, 0.1) is 11.6 Å². The molecule has 4 aromatic rings. The minimum atomic E-state index is -0.790. The number of benzene rings is 2. The number of aromatic amines is 2. The third-order valence-corrected chi connectivity index (χ3v) is 4.68. The number of H-pyrrole nitrogens is 2. The van der Waals surface area contributed by atoms with Gasteiger partial charge in [0, 0.05) is 23.9 Å². The molecule has 0 bridgehead atoms. The van der Waals surface area contributed by atoms with Crippen molar-refractivity contribution < 1.29 is 13.6 Å². The minimum Gasteiger partial charge on any atom is -0.355 e. The second kappa shape index (κ2) is 7.78. The first-order valence-corrected chi connectivity index (χ1v) is 9.04. The lowest BCUT2D eigenvalue weighted by atomic mass is 10.1. The zero-order valence-corrected chi connectivity index (χ0v) is 15.5. The van der Waals surface area contributed by atoms with Gasteiger partial charge in [-0.25, -0.2) is 18.1 Å². The topological polar surface area (TPSA) is 99.8 Å². The SMILES string of the molecule is O=C(Cn1c(=O)[nH]c2c(-c3ccccc3F)c[nH]c2c1=O)NCc1ccc(F)cc1. The molecule has 0 aliphatic rings. The predicted molar refractivity (Wildman–Crippen MR) is 107 cm³/mol. The fourth-order valence-corrected chi connectivity index (χ4v) is 3.16. The normalized spacial score (nSPS) is 11.0. The van der Waals surface area contributed by atoms with E-state index in [1.807, 2.05) is 0 Å². The summed E-state index contributed by atoms with van der Waals surface area (Å²) in [6.45, 7) is -0.382. The molecule has 0 aliphatic heterocycles. The monoisotopic (exact) mass is 410 g/mol. The molecule has 2 aromatic carbocycles. The number of halogens is 2. The first-order chi connectivity index (χ1) is 14.4. The lowest BCUT2D eigenvalue weighted by molar-refractivity contribution is -0.121. The number of hydrogen-bond donors (Lipinski definition) is 3. The van der Waals surface area contributed by atoms with Gasteiger partial charge in [-0.1, -0.05) is 30.3 Å². The third-order valence-electron chi connectivity index (χ3n) is 4.68. The van der Waals surface area contributed by atoms with Gasteiger partial charge < -0.3 is 15.3 Å². The van der Waals surface area contributed by atoms with Crippen molar-refractivity contribution in [1.29, 1.82) is 0 Å². The summed E-state index contributed by atoms with van der Waals surface area (Å²) in [5, 5.41) is 2.57. The van der Waals surface area contributed by atoms with Gasteiger partial charge in [0.1, 0.15) is 23.7 Å². The van der Waals surface area contributed by atoms with Crippen molar-refractivity contribution in [2.24, 2.45) is 0 Å². The van der Waals surface area contributed by atoms with E-state index in [1.165, 1.54) is 48.7 Å². The Bertz CT molecular complexity index is 1350. The predicted octanol–water partition coefficient (Wildman–Crippen LogP) is 2.28. The number of amides is 1. The van der Waals surface area contributed by atoms with Gasteiger partial charge in [-0.15, -0.1) is 0 Å². The van der Waals surface area contributed by atoms with Gasteiger partial charge >= 0.3 is 5.69 Å². The Kier molecular flexibility index (Phi) is 5.01. The second-order valence-electron chi connectivity index (χ2n) is 6.66. The molecule has 4 rings (SSSR count). The summed E-state index contributed by atoms with van der Waals surface area (Å²) in [5.74, 6) is -1.45. The lowest BCUT2D eigenvalue weighted by Gasteiger charge is -2.08. The van der Waals surface area contributed by atoms with E-state index in [0.29, 0.717) is 11.1 Å². The zero-order chi connectivity index (χ0) is 21.3. The molecular weight excluding hydrogens is 394 g/mol. The Labute approximate surface area is 168 Å². The Morgan fingerprint density at radius 3 is 2.43 bits per heavy atom. The molecule has 0 aliphatic carbocycles. The van der Waals surface area contributed by atoms with E-state index in [9.17, 15) is 23.2 Å². The van der Waals surface area contributed by atoms with Gasteiger partial charge in [-0.3, -0.25) is 9.59 Å². The van der Waals surface area contributed by atoms with Crippen molar-refractivity contribution in [1.82, 2.24) is 19.9 Å². The van der Waals surface area contributed by atoms with E-state index in [1.54, 1.807) is 6.07 Å². The molecular formula is C21H16F2N4O3. The number of hydrogen-bond acceptors (Lipinski definition) is 3. The Balaban J connectivity index is 1.60. The number of nitrogens with one attached hydrogen (secondary N) is 3. The summed E-state index contributed by atoms with van der Waals surface area (Å²) < 4.78 is 27.8. The maximum atomic E-state index is 14.1. The van der Waals surface area contributed by atoms with Crippen LogP contribution < -0.4 is 16.6 Å². The van der Waals surface area contributed by atoms with Crippen LogP contribution in [-0.4, -0.2) is 20.4 Å². The molecule has 9 heteroatoms. The highest BCUT2D eigenvalue weighted by Gasteiger charge is 2.17. The molecule has 7 nitrogen and oxygen atoms in total. The highest BCUT2D eigenvalue weighted by Crippen LogP contribution is 2.27. The van der Waals surface area contributed by atoms with Gasteiger partial charge in [-0.05, 0) is 23.8 Å². The van der Waals surface area contributed by atoms with Crippen LogP contribution in [0.25, 0.3) is 22.2 Å². The van der Waals surface area contributed by atoms with Gasteiger partial charge in [0.25, 0.3) is 5.56 Å². The molecule has 3 N–H and O–H groups in total. The lowest BCUT2D eigenvalue weighted by Crippen LogP contribution is -2.40. The maximum Gasteiger partial charge on any atom is 0.329 e. The summed E-state index contributed by atoms with van der Waals surface area (Å²) >= 11 is 0. The number of carbonyl (C=O) groups excluding carboxylic acids is 1. The quantitative estimate of drug-likeness (QED) is 0.471. The van der Waals surface area contributed by atoms with Crippen LogP contribution in [0.2, 0.25) is 0 Å². The van der Waals surface area contributed by atoms with Crippen molar-refractivity contribution in [3.63, 3.8) is 0 Å². The highest BCUT2D eigenvalue weighted by molar-refractivity contribution is 5.92.